The lowest BCUT2D eigenvalue weighted by atomic mass is 9.76. The van der Waals surface area contributed by atoms with Crippen LogP contribution in [-0.2, 0) is 9.59 Å². The average molecular weight is 400 g/mol. The van der Waals surface area contributed by atoms with Crippen molar-refractivity contribution in [1.29, 1.82) is 0 Å². The number of hydrogen-bond acceptors (Lipinski definition) is 2. The van der Waals surface area contributed by atoms with E-state index in [4.69, 9.17) is 23.2 Å². The van der Waals surface area contributed by atoms with Crippen molar-refractivity contribution in [3.63, 3.8) is 0 Å². The van der Waals surface area contributed by atoms with Crippen molar-refractivity contribution in [2.24, 2.45) is 0 Å². The van der Waals surface area contributed by atoms with Crippen molar-refractivity contribution >= 4 is 40.6 Å². The van der Waals surface area contributed by atoms with Crippen molar-refractivity contribution in [3.05, 3.63) is 74.9 Å². The van der Waals surface area contributed by atoms with E-state index < -0.39 is 0 Å². The van der Waals surface area contributed by atoms with E-state index in [0.29, 0.717) is 28.6 Å². The molecule has 27 heavy (non-hydrogen) atoms. The summed E-state index contributed by atoms with van der Waals surface area (Å²) >= 11 is 12.2. The van der Waals surface area contributed by atoms with Crippen LogP contribution in [0.3, 0.4) is 0 Å². The highest BCUT2D eigenvalue weighted by Crippen LogP contribution is 2.44. The maximum absolute atomic E-state index is 13.2. The second-order valence-electron chi connectivity index (χ2n) is 7.08. The van der Waals surface area contributed by atoms with Crippen molar-refractivity contribution in [2.45, 2.75) is 38.5 Å². The highest BCUT2D eigenvalue weighted by atomic mass is 35.5. The molecule has 138 valence electrons. The first-order valence-corrected chi connectivity index (χ1v) is 9.82. The summed E-state index contributed by atoms with van der Waals surface area (Å²) in [5.41, 5.74) is 4.42. The van der Waals surface area contributed by atoms with Crippen LogP contribution in [0.2, 0.25) is 10.0 Å². The minimum Gasteiger partial charge on any atom is -0.294 e. The lowest BCUT2D eigenvalue weighted by Crippen LogP contribution is -2.40. The maximum Gasteiger partial charge on any atom is 0.232 e. The van der Waals surface area contributed by atoms with Gasteiger partial charge in [0.2, 0.25) is 5.91 Å². The Bertz CT molecular complexity index is 980. The lowest BCUT2D eigenvalue weighted by Gasteiger charge is -2.38. The quantitative estimate of drug-likeness (QED) is 0.636. The molecular formula is C22H19Cl2NO2. The molecule has 1 aliphatic heterocycles. The largest absolute Gasteiger partial charge is 0.294 e. The molecule has 2 aliphatic rings. The van der Waals surface area contributed by atoms with E-state index in [1.807, 2.05) is 31.2 Å². The van der Waals surface area contributed by atoms with E-state index in [1.54, 1.807) is 23.1 Å². The molecule has 2 aromatic rings. The molecule has 0 spiro atoms. The molecule has 0 fully saturated rings. The number of allylic oxidation sites excluding steroid dienone is 2. The Balaban J connectivity index is 1.88. The summed E-state index contributed by atoms with van der Waals surface area (Å²) in [4.78, 5) is 27.7. The van der Waals surface area contributed by atoms with Crippen LogP contribution in [0.25, 0.3) is 0 Å². The van der Waals surface area contributed by atoms with Gasteiger partial charge in [-0.25, -0.2) is 0 Å². The summed E-state index contributed by atoms with van der Waals surface area (Å²) in [7, 11) is 0. The summed E-state index contributed by atoms with van der Waals surface area (Å²) in [6.07, 6.45) is 2.26. The number of amides is 1. The second-order valence-corrected chi connectivity index (χ2v) is 7.89. The number of hydrogen-bond donors (Lipinski definition) is 0. The van der Waals surface area contributed by atoms with Gasteiger partial charge in [0.15, 0.2) is 5.78 Å². The van der Waals surface area contributed by atoms with Gasteiger partial charge in [-0.3, -0.25) is 14.5 Å². The highest BCUT2D eigenvalue weighted by Gasteiger charge is 2.40. The highest BCUT2D eigenvalue weighted by molar-refractivity contribution is 6.42. The topological polar surface area (TPSA) is 37.4 Å². The Kier molecular flexibility index (Phi) is 4.83. The zero-order chi connectivity index (χ0) is 19.1. The molecule has 0 aromatic heterocycles. The number of nitrogens with zero attached hydrogens (tertiary/aromatic N) is 1. The number of rotatable bonds is 2. The van der Waals surface area contributed by atoms with E-state index in [9.17, 15) is 9.59 Å². The molecule has 0 bridgehead atoms. The first kappa shape index (κ1) is 18.3. The van der Waals surface area contributed by atoms with E-state index in [2.05, 4.69) is 0 Å². The van der Waals surface area contributed by atoms with Crippen LogP contribution in [0.5, 0.6) is 0 Å². The fourth-order valence-corrected chi connectivity index (χ4v) is 4.45. The molecule has 0 radical (unpaired) electrons. The second kappa shape index (κ2) is 7.14. The summed E-state index contributed by atoms with van der Waals surface area (Å²) in [5.74, 6) is -0.0577. The van der Waals surface area contributed by atoms with E-state index in [0.717, 1.165) is 28.8 Å². The van der Waals surface area contributed by atoms with Gasteiger partial charge in [-0.2, -0.15) is 0 Å². The summed E-state index contributed by atoms with van der Waals surface area (Å²) in [6, 6.07) is 13.1. The van der Waals surface area contributed by atoms with E-state index in [1.165, 1.54) is 0 Å². The number of ketones is 1. The zero-order valence-corrected chi connectivity index (χ0v) is 16.5. The van der Waals surface area contributed by atoms with Gasteiger partial charge in [0.05, 0.1) is 15.7 Å². The molecule has 0 saturated heterocycles. The molecule has 1 atom stereocenters. The predicted molar refractivity (Wildman–Crippen MR) is 108 cm³/mol. The molecule has 1 unspecified atom stereocenters. The third kappa shape index (κ3) is 3.19. The van der Waals surface area contributed by atoms with Gasteiger partial charge < -0.3 is 0 Å². The number of anilines is 1. The Morgan fingerprint density at radius 1 is 1.00 bits per heavy atom. The molecule has 0 N–H and O–H groups in total. The minimum atomic E-state index is -0.180. The molecule has 3 nitrogen and oxygen atoms in total. The minimum absolute atomic E-state index is 0.0184. The molecular weight excluding hydrogens is 381 g/mol. The lowest BCUT2D eigenvalue weighted by molar-refractivity contribution is -0.119. The summed E-state index contributed by atoms with van der Waals surface area (Å²) in [6.45, 7) is 2.03. The molecule has 1 amide bonds. The van der Waals surface area contributed by atoms with Gasteiger partial charge in [-0.1, -0.05) is 47.5 Å². The molecule has 5 heteroatoms. The van der Waals surface area contributed by atoms with E-state index >= 15 is 0 Å². The third-order valence-electron chi connectivity index (χ3n) is 5.40. The van der Waals surface area contributed by atoms with Crippen LogP contribution in [0, 0.1) is 6.92 Å². The van der Waals surface area contributed by atoms with Crippen LogP contribution < -0.4 is 4.90 Å². The molecule has 1 heterocycles. The standard InChI is InChI=1S/C22H19Cl2NO2/c1-13-5-2-3-6-15(13)16-12-21(27)25(14-9-10-17(23)18(24)11-14)19-7-4-8-20(26)22(16)19/h2-3,5-6,9-11,16H,4,7-8,12H2,1H3. The monoisotopic (exact) mass is 399 g/mol. The summed E-state index contributed by atoms with van der Waals surface area (Å²) < 4.78 is 0. The Morgan fingerprint density at radius 3 is 2.52 bits per heavy atom. The van der Waals surface area contributed by atoms with Gasteiger partial charge in [0, 0.05) is 30.0 Å². The van der Waals surface area contributed by atoms with Gasteiger partial charge in [0.1, 0.15) is 0 Å². The number of benzene rings is 2. The van der Waals surface area contributed by atoms with Gasteiger partial charge >= 0.3 is 0 Å². The molecule has 4 rings (SSSR count). The van der Waals surface area contributed by atoms with E-state index in [-0.39, 0.29) is 24.0 Å². The Hall–Kier alpha value is -2.10. The molecule has 2 aromatic carbocycles. The van der Waals surface area contributed by atoms with Crippen molar-refractivity contribution in [2.75, 3.05) is 4.90 Å². The van der Waals surface area contributed by atoms with Gasteiger partial charge in [-0.15, -0.1) is 0 Å². The fraction of sp³-hybridized carbons (Fsp3) is 0.273. The van der Waals surface area contributed by atoms with Crippen LogP contribution >= 0.6 is 23.2 Å². The number of aryl methyl sites for hydroxylation is 1. The first-order chi connectivity index (χ1) is 13.0. The number of Topliss-reactive ketones (excluding diaryl/α,β-unsaturated/α-hetero) is 1. The van der Waals surface area contributed by atoms with Crippen molar-refractivity contribution < 1.29 is 9.59 Å². The normalized spacial score (nSPS) is 20.1. The van der Waals surface area contributed by atoms with Crippen molar-refractivity contribution in [1.82, 2.24) is 0 Å². The van der Waals surface area contributed by atoms with Crippen LogP contribution in [0.4, 0.5) is 5.69 Å². The predicted octanol–water partition coefficient (Wildman–Crippen LogP) is 5.83. The fourth-order valence-electron chi connectivity index (χ4n) is 4.16. The van der Waals surface area contributed by atoms with Crippen LogP contribution in [0.15, 0.2) is 53.7 Å². The van der Waals surface area contributed by atoms with Gasteiger partial charge in [-0.05, 0) is 49.1 Å². The number of halogens is 2. The first-order valence-electron chi connectivity index (χ1n) is 9.07. The van der Waals surface area contributed by atoms with Crippen LogP contribution in [-0.4, -0.2) is 11.7 Å². The molecule has 1 aliphatic carbocycles. The van der Waals surface area contributed by atoms with Gasteiger partial charge in [0.25, 0.3) is 0 Å². The summed E-state index contributed by atoms with van der Waals surface area (Å²) in [5, 5.41) is 0.837. The zero-order valence-electron chi connectivity index (χ0n) is 15.0. The maximum atomic E-state index is 13.2. The van der Waals surface area contributed by atoms with Crippen LogP contribution in [0.1, 0.15) is 42.7 Å². The average Bonchev–Trinajstić information content (AvgIpc) is 2.64. The number of carbonyl (C=O) groups excluding carboxylic acids is 2. The molecule has 0 saturated carbocycles. The third-order valence-corrected chi connectivity index (χ3v) is 6.14. The Labute approximate surface area is 168 Å². The van der Waals surface area contributed by atoms with Crippen molar-refractivity contribution in [3.8, 4) is 0 Å². The smallest absolute Gasteiger partial charge is 0.232 e. The number of carbonyl (C=O) groups is 2. The Morgan fingerprint density at radius 2 is 1.78 bits per heavy atom. The SMILES string of the molecule is Cc1ccccc1C1CC(=O)N(c2ccc(Cl)c(Cl)c2)C2=C1C(=O)CCC2.